The summed E-state index contributed by atoms with van der Waals surface area (Å²) in [6.45, 7) is 9.40. The van der Waals surface area contributed by atoms with Crippen LogP contribution in [0, 0.1) is 17.2 Å². The third kappa shape index (κ3) is 20.2. The summed E-state index contributed by atoms with van der Waals surface area (Å²) in [6.07, 6.45) is 3.89. The molecule has 0 saturated carbocycles. The van der Waals surface area contributed by atoms with Gasteiger partial charge in [0.2, 0.25) is 41.4 Å². The number of amides is 7. The molecule has 382 valence electrons. The number of nitrogens with one attached hydrogen (secondary N) is 10. The van der Waals surface area contributed by atoms with Crippen molar-refractivity contribution in [2.45, 2.75) is 122 Å². The topological polar surface area (TPSA) is 392 Å². The molecule has 25 heteroatoms. The van der Waals surface area contributed by atoms with Crippen LogP contribution in [0.2, 0.25) is 0 Å². The highest BCUT2D eigenvalue weighted by molar-refractivity contribution is 5.98. The summed E-state index contributed by atoms with van der Waals surface area (Å²) < 4.78 is 0. The lowest BCUT2D eigenvalue weighted by Gasteiger charge is -2.31. The van der Waals surface area contributed by atoms with E-state index in [0.717, 1.165) is 6.92 Å². The minimum atomic E-state index is -1.35. The van der Waals surface area contributed by atoms with E-state index in [2.05, 4.69) is 52.5 Å². The number of nitrogens with two attached hydrogens (primary N) is 1. The van der Waals surface area contributed by atoms with E-state index in [1.807, 2.05) is 0 Å². The monoisotopic (exact) mass is 972 g/mol. The number of benzene rings is 1. The van der Waals surface area contributed by atoms with Crippen molar-refractivity contribution in [1.29, 1.82) is 5.41 Å². The van der Waals surface area contributed by atoms with Crippen molar-refractivity contribution < 1.29 is 58.5 Å². The molecule has 0 bridgehead atoms. The molecule has 0 aliphatic carbocycles. The average molecular weight is 972 g/mol. The number of imidazole rings is 1. The number of aliphatic carboxylic acids is 2. The summed E-state index contributed by atoms with van der Waals surface area (Å²) in [5.74, 6) is -8.19. The second-order valence-corrected chi connectivity index (χ2v) is 17.1. The Labute approximate surface area is 400 Å². The maximum atomic E-state index is 14.3. The van der Waals surface area contributed by atoms with Crippen LogP contribution in [-0.4, -0.2) is 158 Å². The van der Waals surface area contributed by atoms with Crippen LogP contribution >= 0.6 is 0 Å². The Balaban J connectivity index is 0.00000392. The molecular formula is C44H69N13O12. The molecule has 1 saturated heterocycles. The maximum Gasteiger partial charge on any atom is 0.325 e. The number of rotatable bonds is 25. The van der Waals surface area contributed by atoms with Gasteiger partial charge in [-0.15, -0.1) is 0 Å². The number of H-pyrrole nitrogens is 1. The molecule has 7 atom stereocenters. The first-order chi connectivity index (χ1) is 32.4. The van der Waals surface area contributed by atoms with Crippen molar-refractivity contribution in [2.24, 2.45) is 17.6 Å². The van der Waals surface area contributed by atoms with Gasteiger partial charge in [0.25, 0.3) is 5.97 Å². The SMILES string of the molecule is CC(=O)O.CNCC(=O)N[C@@H](CCCNC(=N)N)C(=O)N[C@H](C(=O)N[C@@H](Cc1ccc(O)cc1)C(=O)N[C@H](C(=O)N[C@@H](Cc1c[nH]cn1)C(=O)N1CCC[C@H]1C(=O)N[C@@H](C)C(=O)O)C(C)C)C(C)C. The molecule has 1 fully saturated rings. The van der Waals surface area contributed by atoms with Crippen molar-refractivity contribution in [2.75, 3.05) is 26.7 Å². The Hall–Kier alpha value is -7.31. The van der Waals surface area contributed by atoms with E-state index in [0.29, 0.717) is 24.1 Å². The van der Waals surface area contributed by atoms with E-state index in [9.17, 15) is 48.6 Å². The number of aromatic hydroxyl groups is 1. The minimum Gasteiger partial charge on any atom is -0.508 e. The number of guanidine groups is 1. The quantitative estimate of drug-likeness (QED) is 0.0285. The van der Waals surface area contributed by atoms with Gasteiger partial charge in [-0.1, -0.05) is 39.8 Å². The molecule has 1 aromatic heterocycles. The van der Waals surface area contributed by atoms with Crippen molar-refractivity contribution >= 4 is 59.2 Å². The molecule has 3 rings (SSSR count). The van der Waals surface area contributed by atoms with Crippen molar-refractivity contribution in [3.63, 3.8) is 0 Å². The van der Waals surface area contributed by atoms with Crippen LogP contribution in [0.4, 0.5) is 0 Å². The van der Waals surface area contributed by atoms with Gasteiger partial charge >= 0.3 is 5.97 Å². The highest BCUT2D eigenvalue weighted by Crippen LogP contribution is 2.20. The number of nitrogens with zero attached hydrogens (tertiary/aromatic N) is 2. The van der Waals surface area contributed by atoms with Gasteiger partial charge in [0, 0.05) is 39.1 Å². The molecule has 0 spiro atoms. The molecule has 2 heterocycles. The zero-order valence-electron chi connectivity index (χ0n) is 40.0. The van der Waals surface area contributed by atoms with Crippen LogP contribution in [0.25, 0.3) is 0 Å². The van der Waals surface area contributed by atoms with E-state index >= 15 is 0 Å². The Morgan fingerprint density at radius 3 is 1.88 bits per heavy atom. The summed E-state index contributed by atoms with van der Waals surface area (Å²) in [4.78, 5) is 125. The summed E-state index contributed by atoms with van der Waals surface area (Å²) in [7, 11) is 1.56. The van der Waals surface area contributed by atoms with Crippen LogP contribution in [0.3, 0.4) is 0 Å². The smallest absolute Gasteiger partial charge is 0.325 e. The van der Waals surface area contributed by atoms with E-state index in [-0.39, 0.29) is 57.0 Å². The highest BCUT2D eigenvalue weighted by atomic mass is 16.4. The number of carbonyl (C=O) groups excluding carboxylic acids is 7. The standard InChI is InChI=1S/C42H65N13O10.C2H4O2/c1-22(2)33(53-35(58)28(50-32(57)20-45-6)9-7-15-47-42(43)44)38(61)51-29(17-25-11-13-27(56)14-12-25)36(59)54-34(23(3)4)39(62)52-30(18-26-19-46-21-48-26)40(63)55-16-8-10-31(55)37(60)49-24(5)41(64)65;1-2(3)4/h11-14,19,21-24,28-31,33-34,45,56H,7-10,15-18,20H2,1-6H3,(H,46,48)(H,49,60)(H,50,57)(H,51,61)(H,52,62)(H,53,58)(H,54,59)(H,64,65)(H4,43,44,47);1H3,(H,3,4)/t24-,28-,29-,30-,31-,33-,34-;/m0./s1. The molecule has 69 heavy (non-hydrogen) atoms. The molecule has 0 unspecified atom stereocenters. The fourth-order valence-electron chi connectivity index (χ4n) is 7.07. The number of aromatic nitrogens is 2. The van der Waals surface area contributed by atoms with Gasteiger partial charge in [-0.3, -0.25) is 48.6 Å². The van der Waals surface area contributed by atoms with Gasteiger partial charge in [0.1, 0.15) is 48.0 Å². The third-order valence-electron chi connectivity index (χ3n) is 10.6. The number of phenols is 1. The van der Waals surface area contributed by atoms with Gasteiger partial charge in [-0.05, 0) is 69.2 Å². The lowest BCUT2D eigenvalue weighted by molar-refractivity contribution is -0.144. The van der Waals surface area contributed by atoms with Gasteiger partial charge in [0.05, 0.1) is 18.6 Å². The second-order valence-electron chi connectivity index (χ2n) is 17.1. The summed E-state index contributed by atoms with van der Waals surface area (Å²) >= 11 is 0. The number of carbonyl (C=O) groups is 9. The Bertz CT molecular complexity index is 2060. The van der Waals surface area contributed by atoms with Gasteiger partial charge < -0.3 is 73.5 Å². The predicted octanol–water partition coefficient (Wildman–Crippen LogP) is -2.21. The minimum absolute atomic E-state index is 0.0407. The highest BCUT2D eigenvalue weighted by Gasteiger charge is 2.40. The normalized spacial score (nSPS) is 15.7. The lowest BCUT2D eigenvalue weighted by atomic mass is 9.98. The summed E-state index contributed by atoms with van der Waals surface area (Å²) in [5, 5.41) is 55.4. The Morgan fingerprint density at radius 2 is 1.38 bits per heavy atom. The number of hydrogen-bond acceptors (Lipinski definition) is 13. The number of hydrogen-bond donors (Lipinski definition) is 14. The van der Waals surface area contributed by atoms with E-state index in [1.165, 1.54) is 36.5 Å². The third-order valence-corrected chi connectivity index (χ3v) is 10.6. The zero-order valence-corrected chi connectivity index (χ0v) is 40.0. The van der Waals surface area contributed by atoms with E-state index in [1.54, 1.807) is 46.9 Å². The van der Waals surface area contributed by atoms with E-state index in [4.69, 9.17) is 21.0 Å². The molecule has 1 aromatic carbocycles. The number of aromatic amines is 1. The molecule has 1 aliphatic rings. The molecule has 0 radical (unpaired) electrons. The molecule has 2 aromatic rings. The number of likely N-dealkylation sites (tertiary alicyclic amines) is 1. The van der Waals surface area contributed by atoms with Crippen LogP contribution in [0.5, 0.6) is 5.75 Å². The molecule has 7 amide bonds. The molecule has 1 aliphatic heterocycles. The van der Waals surface area contributed by atoms with E-state index < -0.39 is 107 Å². The first-order valence-corrected chi connectivity index (χ1v) is 22.5. The number of carboxylic acids is 2. The first kappa shape index (κ1) is 57.8. The predicted molar refractivity (Wildman–Crippen MR) is 250 cm³/mol. The first-order valence-electron chi connectivity index (χ1n) is 22.5. The lowest BCUT2D eigenvalue weighted by Crippen LogP contribution is -2.61. The van der Waals surface area contributed by atoms with Crippen molar-refractivity contribution in [3.05, 3.63) is 48.0 Å². The molecular weight excluding hydrogens is 903 g/mol. The van der Waals surface area contributed by atoms with Gasteiger partial charge in [-0.25, -0.2) is 4.98 Å². The molecule has 25 nitrogen and oxygen atoms in total. The average Bonchev–Trinajstić information content (AvgIpc) is 3.98. The maximum absolute atomic E-state index is 14.3. The number of carboxylic acid groups (broad SMARTS) is 2. The van der Waals surface area contributed by atoms with Crippen LogP contribution in [-0.2, 0) is 56.0 Å². The van der Waals surface area contributed by atoms with Crippen LogP contribution in [0.15, 0.2) is 36.8 Å². The fraction of sp³-hybridized carbons (Fsp3) is 0.568. The van der Waals surface area contributed by atoms with Crippen LogP contribution < -0.4 is 48.3 Å². The van der Waals surface area contributed by atoms with Gasteiger partial charge in [-0.2, -0.15) is 0 Å². The second kappa shape index (κ2) is 28.8. The van der Waals surface area contributed by atoms with Crippen LogP contribution in [0.1, 0.15) is 78.5 Å². The summed E-state index contributed by atoms with van der Waals surface area (Å²) in [6, 6.07) is -2.47. The molecule has 15 N–H and O–H groups in total. The van der Waals surface area contributed by atoms with Gasteiger partial charge in [0.15, 0.2) is 5.96 Å². The van der Waals surface area contributed by atoms with Crippen molar-refractivity contribution in [3.8, 4) is 5.75 Å². The number of phenolic OH excluding ortho intramolecular Hbond substituents is 1. The van der Waals surface area contributed by atoms with Crippen molar-refractivity contribution in [1.82, 2.24) is 57.4 Å². The summed E-state index contributed by atoms with van der Waals surface area (Å²) in [5.41, 5.74) is 6.30. The fourth-order valence-corrected chi connectivity index (χ4v) is 7.07. The number of likely N-dealkylation sites (N-methyl/N-ethyl adjacent to an activating group) is 1. The zero-order chi connectivity index (χ0) is 52.0. The largest absolute Gasteiger partial charge is 0.508 e. The Kier molecular flexibility index (Phi) is 24.1. The Morgan fingerprint density at radius 1 is 0.812 bits per heavy atom.